The zero-order chi connectivity index (χ0) is 9.97. The molecule has 2 heterocycles. The molecule has 0 aromatic carbocycles. The topological polar surface area (TPSA) is 31.0 Å². The lowest BCUT2D eigenvalue weighted by Crippen LogP contribution is -1.94. The number of nitrogens with zero attached hydrogens (tertiary/aromatic N) is 2. The number of alkyl halides is 1. The van der Waals surface area contributed by atoms with Gasteiger partial charge in [0.05, 0.1) is 18.6 Å². The second-order valence-electron chi connectivity index (χ2n) is 3.06. The first-order valence-electron chi connectivity index (χ1n) is 4.44. The first-order chi connectivity index (χ1) is 6.81. The van der Waals surface area contributed by atoms with Crippen molar-refractivity contribution in [1.29, 1.82) is 0 Å². The quantitative estimate of drug-likeness (QED) is 0.749. The average Bonchev–Trinajstić information content (AvgIpc) is 2.74. The van der Waals surface area contributed by atoms with E-state index in [4.69, 9.17) is 4.42 Å². The molecule has 74 valence electrons. The normalized spacial score (nSPS) is 10.7. The summed E-state index contributed by atoms with van der Waals surface area (Å²) < 4.78 is 19.0. The largest absolute Gasteiger partial charge is 0.463 e. The fraction of sp³-hybridized carbons (Fsp3) is 0.300. The molecular weight excluding hydrogens is 183 g/mol. The van der Waals surface area contributed by atoms with Crippen LogP contribution in [0.3, 0.4) is 0 Å². The average molecular weight is 194 g/mol. The van der Waals surface area contributed by atoms with Crippen molar-refractivity contribution in [3.63, 3.8) is 0 Å². The van der Waals surface area contributed by atoms with Gasteiger partial charge in [-0.25, -0.2) is 0 Å². The van der Waals surface area contributed by atoms with Crippen LogP contribution in [0.2, 0.25) is 0 Å². The van der Waals surface area contributed by atoms with Crippen molar-refractivity contribution in [1.82, 2.24) is 9.78 Å². The highest BCUT2D eigenvalue weighted by Crippen LogP contribution is 2.20. The molecule has 0 saturated heterocycles. The van der Waals surface area contributed by atoms with Gasteiger partial charge in [-0.3, -0.25) is 9.07 Å². The van der Waals surface area contributed by atoms with Crippen LogP contribution in [0.25, 0.3) is 11.5 Å². The van der Waals surface area contributed by atoms with Crippen molar-refractivity contribution >= 4 is 0 Å². The van der Waals surface area contributed by atoms with Crippen LogP contribution in [0, 0.1) is 0 Å². The van der Waals surface area contributed by atoms with Gasteiger partial charge in [-0.05, 0) is 18.2 Å². The van der Waals surface area contributed by atoms with E-state index in [0.717, 1.165) is 17.1 Å². The van der Waals surface area contributed by atoms with Crippen molar-refractivity contribution in [2.45, 2.75) is 6.42 Å². The molecule has 0 saturated carbocycles. The van der Waals surface area contributed by atoms with Crippen molar-refractivity contribution in [2.24, 2.45) is 7.05 Å². The molecule has 0 fully saturated rings. The summed E-state index contributed by atoms with van der Waals surface area (Å²) in [4.78, 5) is 0. The predicted molar refractivity (Wildman–Crippen MR) is 50.6 cm³/mol. The monoisotopic (exact) mass is 194 g/mol. The minimum absolute atomic E-state index is 0.356. The number of hydrogen-bond acceptors (Lipinski definition) is 2. The van der Waals surface area contributed by atoms with E-state index >= 15 is 0 Å². The van der Waals surface area contributed by atoms with Crippen LogP contribution in [-0.4, -0.2) is 16.5 Å². The van der Waals surface area contributed by atoms with Crippen molar-refractivity contribution in [3.05, 3.63) is 30.2 Å². The lowest BCUT2D eigenvalue weighted by Gasteiger charge is -1.94. The number of aryl methyl sites for hydroxylation is 2. The number of furan rings is 1. The molecule has 4 heteroatoms. The summed E-state index contributed by atoms with van der Waals surface area (Å²) in [5.41, 5.74) is 1.62. The molecule has 2 aromatic rings. The van der Waals surface area contributed by atoms with Crippen LogP contribution < -0.4 is 0 Å². The minimum Gasteiger partial charge on any atom is -0.463 e. The molecule has 0 radical (unpaired) electrons. The molecule has 14 heavy (non-hydrogen) atoms. The molecular formula is C10H11FN2O. The van der Waals surface area contributed by atoms with E-state index in [1.54, 1.807) is 10.9 Å². The lowest BCUT2D eigenvalue weighted by atomic mass is 10.2. The summed E-state index contributed by atoms with van der Waals surface area (Å²) in [6.45, 7) is -0.380. The summed E-state index contributed by atoms with van der Waals surface area (Å²) in [5.74, 6) is 0.755. The van der Waals surface area contributed by atoms with Gasteiger partial charge >= 0.3 is 0 Å². The van der Waals surface area contributed by atoms with Crippen LogP contribution in [0.5, 0.6) is 0 Å². The van der Waals surface area contributed by atoms with E-state index in [9.17, 15) is 4.39 Å². The van der Waals surface area contributed by atoms with Gasteiger partial charge in [0, 0.05) is 13.5 Å². The predicted octanol–water partition coefficient (Wildman–Crippen LogP) is 2.19. The molecule has 2 aromatic heterocycles. The Balaban J connectivity index is 2.35. The molecule has 0 amide bonds. The van der Waals surface area contributed by atoms with Crippen LogP contribution >= 0.6 is 0 Å². The summed E-state index contributed by atoms with van der Waals surface area (Å²) in [6.07, 6.45) is 1.96. The van der Waals surface area contributed by atoms with E-state index in [1.165, 1.54) is 0 Å². The van der Waals surface area contributed by atoms with Crippen molar-refractivity contribution in [3.8, 4) is 11.5 Å². The molecule has 0 bridgehead atoms. The van der Waals surface area contributed by atoms with E-state index in [-0.39, 0.29) is 6.67 Å². The lowest BCUT2D eigenvalue weighted by molar-refractivity contribution is 0.490. The summed E-state index contributed by atoms with van der Waals surface area (Å²) in [7, 11) is 1.82. The summed E-state index contributed by atoms with van der Waals surface area (Å²) >= 11 is 0. The maximum absolute atomic E-state index is 12.1. The number of aromatic nitrogens is 2. The van der Waals surface area contributed by atoms with Crippen molar-refractivity contribution in [2.75, 3.05) is 6.67 Å². The van der Waals surface area contributed by atoms with Gasteiger partial charge in [-0.2, -0.15) is 5.10 Å². The second kappa shape index (κ2) is 3.65. The second-order valence-corrected chi connectivity index (χ2v) is 3.06. The molecule has 0 N–H and O–H groups in total. The Hall–Kier alpha value is -1.58. The third kappa shape index (κ3) is 1.55. The molecule has 0 aliphatic heterocycles. The molecule has 0 aliphatic carbocycles. The van der Waals surface area contributed by atoms with Gasteiger partial charge < -0.3 is 4.42 Å². The Morgan fingerprint density at radius 2 is 2.43 bits per heavy atom. The molecule has 0 aliphatic rings. The number of halogens is 1. The van der Waals surface area contributed by atoms with E-state index in [0.29, 0.717) is 6.42 Å². The van der Waals surface area contributed by atoms with Gasteiger partial charge in [-0.1, -0.05) is 0 Å². The van der Waals surface area contributed by atoms with Crippen LogP contribution in [0.4, 0.5) is 4.39 Å². The highest BCUT2D eigenvalue weighted by atomic mass is 19.1. The first-order valence-corrected chi connectivity index (χ1v) is 4.44. The van der Waals surface area contributed by atoms with Crippen LogP contribution in [-0.2, 0) is 13.5 Å². The van der Waals surface area contributed by atoms with Crippen LogP contribution in [0.1, 0.15) is 5.69 Å². The van der Waals surface area contributed by atoms with Crippen molar-refractivity contribution < 1.29 is 8.81 Å². The van der Waals surface area contributed by atoms with E-state index < -0.39 is 0 Å². The maximum atomic E-state index is 12.1. The molecule has 2 rings (SSSR count). The Bertz CT molecular complexity index is 406. The van der Waals surface area contributed by atoms with Gasteiger partial charge in [0.15, 0.2) is 5.76 Å². The van der Waals surface area contributed by atoms with E-state index in [1.807, 2.05) is 25.2 Å². The molecule has 0 spiro atoms. The zero-order valence-corrected chi connectivity index (χ0v) is 7.90. The Labute approximate surface area is 81.2 Å². The third-order valence-electron chi connectivity index (χ3n) is 2.05. The van der Waals surface area contributed by atoms with Crippen LogP contribution in [0.15, 0.2) is 28.9 Å². The van der Waals surface area contributed by atoms with Gasteiger partial charge in [0.2, 0.25) is 0 Å². The SMILES string of the molecule is Cn1nc(CCF)cc1-c1ccco1. The Morgan fingerprint density at radius 3 is 3.07 bits per heavy atom. The summed E-state index contributed by atoms with van der Waals surface area (Å²) in [6, 6.07) is 5.52. The Kier molecular flexibility index (Phi) is 2.35. The fourth-order valence-corrected chi connectivity index (χ4v) is 1.40. The number of rotatable bonds is 3. The highest BCUT2D eigenvalue weighted by Gasteiger charge is 2.08. The molecule has 0 atom stereocenters. The third-order valence-corrected chi connectivity index (χ3v) is 2.05. The summed E-state index contributed by atoms with van der Waals surface area (Å²) in [5, 5.41) is 4.17. The van der Waals surface area contributed by atoms with Gasteiger partial charge in [-0.15, -0.1) is 0 Å². The fourth-order valence-electron chi connectivity index (χ4n) is 1.40. The standard InChI is InChI=1S/C10H11FN2O/c1-13-9(10-3-2-6-14-10)7-8(12-13)4-5-11/h2-3,6-7H,4-5H2,1H3. The van der Waals surface area contributed by atoms with Gasteiger partial charge in [0.1, 0.15) is 5.69 Å². The van der Waals surface area contributed by atoms with Gasteiger partial charge in [0.25, 0.3) is 0 Å². The van der Waals surface area contributed by atoms with E-state index in [2.05, 4.69) is 5.10 Å². The maximum Gasteiger partial charge on any atom is 0.151 e. The smallest absolute Gasteiger partial charge is 0.151 e. The molecule has 0 unspecified atom stereocenters. The highest BCUT2D eigenvalue weighted by molar-refractivity contribution is 5.52. The Morgan fingerprint density at radius 1 is 1.57 bits per heavy atom. The first kappa shape index (κ1) is 8.99. The number of hydrogen-bond donors (Lipinski definition) is 0. The zero-order valence-electron chi connectivity index (χ0n) is 7.90. The molecule has 3 nitrogen and oxygen atoms in total. The minimum atomic E-state index is -0.380.